The number of carbonyl (C=O) groups is 1. The molecule has 17 heavy (non-hydrogen) atoms. The van der Waals surface area contributed by atoms with Crippen molar-refractivity contribution in [2.75, 3.05) is 11.9 Å². The molecule has 1 N–H and O–H groups in total. The molecule has 1 aliphatic rings. The van der Waals surface area contributed by atoms with Crippen molar-refractivity contribution < 1.29 is 4.79 Å². The van der Waals surface area contributed by atoms with Gasteiger partial charge < -0.3 is 4.90 Å². The first kappa shape index (κ1) is 12.6. The van der Waals surface area contributed by atoms with Gasteiger partial charge in [-0.05, 0) is 32.6 Å². The van der Waals surface area contributed by atoms with E-state index < -0.39 is 0 Å². The van der Waals surface area contributed by atoms with Crippen LogP contribution in [-0.2, 0) is 0 Å². The number of rotatable bonds is 4. The van der Waals surface area contributed by atoms with Crippen LogP contribution in [0.25, 0.3) is 0 Å². The minimum atomic E-state index is 0.133. The van der Waals surface area contributed by atoms with Gasteiger partial charge in [0.15, 0.2) is 0 Å². The Bertz CT molecular complexity index is 391. The van der Waals surface area contributed by atoms with Crippen molar-refractivity contribution in [3.05, 3.63) is 17.5 Å². The molecule has 0 saturated carbocycles. The predicted octanol–water partition coefficient (Wildman–Crippen LogP) is 2.50. The molecule has 0 aliphatic carbocycles. The number of likely N-dealkylation sites (tertiary alicyclic amines) is 1. The second-order valence-electron chi connectivity index (χ2n) is 4.53. The van der Waals surface area contributed by atoms with Crippen molar-refractivity contribution in [2.24, 2.45) is 0 Å². The van der Waals surface area contributed by atoms with Gasteiger partial charge in [0.1, 0.15) is 0 Å². The molecule has 0 radical (unpaired) electrons. The summed E-state index contributed by atoms with van der Waals surface area (Å²) < 4.78 is 0. The number of aromatic amines is 1. The number of hydrogen-bond acceptors (Lipinski definition) is 2. The van der Waals surface area contributed by atoms with E-state index in [9.17, 15) is 4.79 Å². The Labute approximate surface area is 110 Å². The molecular formula is C12H18BrN3O. The zero-order valence-electron chi connectivity index (χ0n) is 10.1. The molecule has 94 valence electrons. The highest BCUT2D eigenvalue weighted by Crippen LogP contribution is 2.24. The van der Waals surface area contributed by atoms with E-state index in [0.717, 1.165) is 48.8 Å². The van der Waals surface area contributed by atoms with Crippen molar-refractivity contribution in [2.45, 2.75) is 38.6 Å². The zero-order chi connectivity index (χ0) is 12.3. The van der Waals surface area contributed by atoms with Crippen LogP contribution in [0.1, 0.15) is 41.7 Å². The molecule has 4 nitrogen and oxygen atoms in total. The van der Waals surface area contributed by atoms with Crippen molar-refractivity contribution in [1.82, 2.24) is 15.1 Å². The van der Waals surface area contributed by atoms with E-state index in [1.54, 1.807) is 6.20 Å². The van der Waals surface area contributed by atoms with Crippen LogP contribution in [0, 0.1) is 6.92 Å². The first-order valence-corrected chi connectivity index (χ1v) is 7.23. The van der Waals surface area contributed by atoms with E-state index in [2.05, 4.69) is 26.1 Å². The van der Waals surface area contributed by atoms with E-state index in [1.165, 1.54) is 0 Å². The Morgan fingerprint density at radius 3 is 3.18 bits per heavy atom. The van der Waals surface area contributed by atoms with E-state index >= 15 is 0 Å². The second kappa shape index (κ2) is 5.67. The minimum absolute atomic E-state index is 0.133. The highest BCUT2D eigenvalue weighted by Gasteiger charge is 2.29. The predicted molar refractivity (Wildman–Crippen MR) is 70.4 cm³/mol. The first-order chi connectivity index (χ1) is 8.24. The van der Waals surface area contributed by atoms with Crippen LogP contribution in [0.15, 0.2) is 6.20 Å². The van der Waals surface area contributed by atoms with Gasteiger partial charge in [-0.1, -0.05) is 15.9 Å². The van der Waals surface area contributed by atoms with E-state index in [4.69, 9.17) is 0 Å². The number of carbonyl (C=O) groups excluding carboxylic acids is 1. The summed E-state index contributed by atoms with van der Waals surface area (Å²) in [6.45, 7) is 2.78. The number of aryl methyl sites for hydroxylation is 1. The zero-order valence-corrected chi connectivity index (χ0v) is 11.7. The fourth-order valence-electron chi connectivity index (χ4n) is 2.44. The summed E-state index contributed by atoms with van der Waals surface area (Å²) in [5.41, 5.74) is 1.58. The number of nitrogens with one attached hydrogen (secondary N) is 1. The van der Waals surface area contributed by atoms with Crippen LogP contribution in [0.3, 0.4) is 0 Å². The van der Waals surface area contributed by atoms with Crippen LogP contribution in [0.5, 0.6) is 0 Å². The van der Waals surface area contributed by atoms with Gasteiger partial charge in [-0.25, -0.2) is 0 Å². The van der Waals surface area contributed by atoms with Crippen LogP contribution in [0.2, 0.25) is 0 Å². The molecule has 0 spiro atoms. The monoisotopic (exact) mass is 299 g/mol. The molecule has 0 bridgehead atoms. The van der Waals surface area contributed by atoms with Gasteiger partial charge >= 0.3 is 0 Å². The topological polar surface area (TPSA) is 49.0 Å². The van der Waals surface area contributed by atoms with Crippen LogP contribution >= 0.6 is 15.9 Å². The highest BCUT2D eigenvalue weighted by molar-refractivity contribution is 9.09. The molecule has 2 heterocycles. The summed E-state index contributed by atoms with van der Waals surface area (Å²) in [4.78, 5) is 14.4. The fraction of sp³-hybridized carbons (Fsp3) is 0.667. The Morgan fingerprint density at radius 1 is 1.71 bits per heavy atom. The summed E-state index contributed by atoms with van der Waals surface area (Å²) in [5, 5.41) is 7.76. The quantitative estimate of drug-likeness (QED) is 0.869. The third kappa shape index (κ3) is 2.70. The molecule has 1 fully saturated rings. The number of aromatic nitrogens is 2. The molecule has 0 aromatic carbocycles. The molecule has 1 amide bonds. The highest BCUT2D eigenvalue weighted by atomic mass is 79.9. The van der Waals surface area contributed by atoms with Crippen molar-refractivity contribution >= 4 is 21.8 Å². The van der Waals surface area contributed by atoms with Gasteiger partial charge in [-0.3, -0.25) is 9.89 Å². The number of H-pyrrole nitrogens is 1. The lowest BCUT2D eigenvalue weighted by molar-refractivity contribution is 0.0729. The molecule has 1 atom stereocenters. The molecule has 1 aromatic rings. The van der Waals surface area contributed by atoms with Crippen LogP contribution in [0.4, 0.5) is 0 Å². The van der Waals surface area contributed by atoms with E-state index in [-0.39, 0.29) is 5.91 Å². The average molecular weight is 300 g/mol. The van der Waals surface area contributed by atoms with Crippen LogP contribution in [-0.4, -0.2) is 38.9 Å². The molecule has 1 aromatic heterocycles. The molecule has 5 heteroatoms. The van der Waals surface area contributed by atoms with Gasteiger partial charge in [-0.15, -0.1) is 0 Å². The Morgan fingerprint density at radius 2 is 2.53 bits per heavy atom. The number of halogens is 1. The summed E-state index contributed by atoms with van der Waals surface area (Å²) >= 11 is 3.45. The molecular weight excluding hydrogens is 282 g/mol. The third-order valence-electron chi connectivity index (χ3n) is 3.37. The fourth-order valence-corrected chi connectivity index (χ4v) is 2.76. The first-order valence-electron chi connectivity index (χ1n) is 6.11. The summed E-state index contributed by atoms with van der Waals surface area (Å²) in [5.74, 6) is 0.133. The normalized spacial score (nSPS) is 19.9. The van der Waals surface area contributed by atoms with Gasteiger partial charge in [-0.2, -0.15) is 5.10 Å². The van der Waals surface area contributed by atoms with Gasteiger partial charge in [0.25, 0.3) is 5.91 Å². The maximum atomic E-state index is 12.4. The summed E-state index contributed by atoms with van der Waals surface area (Å²) in [7, 11) is 0. The summed E-state index contributed by atoms with van der Waals surface area (Å²) in [6.07, 6.45) is 6.11. The average Bonchev–Trinajstić information content (AvgIpc) is 2.94. The lowest BCUT2D eigenvalue weighted by Gasteiger charge is -2.24. The maximum Gasteiger partial charge on any atom is 0.257 e. The van der Waals surface area contributed by atoms with E-state index in [1.807, 2.05) is 11.8 Å². The largest absolute Gasteiger partial charge is 0.336 e. The molecule has 1 saturated heterocycles. The third-order valence-corrected chi connectivity index (χ3v) is 3.93. The molecule has 2 rings (SSSR count). The Kier molecular flexibility index (Phi) is 4.20. The number of amides is 1. The SMILES string of the molecule is Cc1[nH]ncc1C(=O)N1CCCC1CCCBr. The Balaban J connectivity index is 2.06. The van der Waals surface area contributed by atoms with Gasteiger partial charge in [0.05, 0.1) is 11.8 Å². The van der Waals surface area contributed by atoms with Crippen molar-refractivity contribution in [3.63, 3.8) is 0 Å². The van der Waals surface area contributed by atoms with Crippen molar-refractivity contribution in [3.8, 4) is 0 Å². The van der Waals surface area contributed by atoms with E-state index in [0.29, 0.717) is 6.04 Å². The minimum Gasteiger partial charge on any atom is -0.336 e. The lowest BCUT2D eigenvalue weighted by Crippen LogP contribution is -2.35. The van der Waals surface area contributed by atoms with Gasteiger partial charge in [0.2, 0.25) is 0 Å². The second-order valence-corrected chi connectivity index (χ2v) is 5.33. The molecule has 1 aliphatic heterocycles. The van der Waals surface area contributed by atoms with Crippen molar-refractivity contribution in [1.29, 1.82) is 0 Å². The smallest absolute Gasteiger partial charge is 0.257 e. The number of alkyl halides is 1. The Hall–Kier alpha value is -0.840. The van der Waals surface area contributed by atoms with Gasteiger partial charge in [0, 0.05) is 23.6 Å². The van der Waals surface area contributed by atoms with Crippen LogP contribution < -0.4 is 0 Å². The lowest BCUT2D eigenvalue weighted by atomic mass is 10.1. The maximum absolute atomic E-state index is 12.4. The molecule has 1 unspecified atom stereocenters. The summed E-state index contributed by atoms with van der Waals surface area (Å²) in [6, 6.07) is 0.411. The number of nitrogens with zero attached hydrogens (tertiary/aromatic N) is 2. The number of hydrogen-bond donors (Lipinski definition) is 1. The standard InChI is InChI=1S/C12H18BrN3O/c1-9-11(8-14-15-9)12(17)16-7-3-5-10(16)4-2-6-13/h8,10H,2-7H2,1H3,(H,14,15).